The molecule has 1 atom stereocenters. The van der Waals surface area contributed by atoms with Crippen molar-refractivity contribution in [1.82, 2.24) is 4.57 Å². The summed E-state index contributed by atoms with van der Waals surface area (Å²) in [6.07, 6.45) is 8.26. The number of anilines is 3. The van der Waals surface area contributed by atoms with Crippen LogP contribution in [0, 0.1) is 5.92 Å². The smallest absolute Gasteiger partial charge is 0.252 e. The lowest BCUT2D eigenvalue weighted by atomic mass is 9.33. The van der Waals surface area contributed by atoms with Gasteiger partial charge in [0.25, 0.3) is 6.71 Å². The Kier molecular flexibility index (Phi) is 4.95. The zero-order valence-corrected chi connectivity index (χ0v) is 25.9. The van der Waals surface area contributed by atoms with Gasteiger partial charge in [-0.25, -0.2) is 0 Å². The van der Waals surface area contributed by atoms with Gasteiger partial charge in [-0.1, -0.05) is 130 Å². The van der Waals surface area contributed by atoms with E-state index in [1.54, 1.807) is 0 Å². The fraction of sp³-hybridized carbons (Fsp3) is 0.143. The Hall–Kier alpha value is -5.02. The van der Waals surface area contributed by atoms with Gasteiger partial charge in [0.15, 0.2) is 0 Å². The summed E-state index contributed by atoms with van der Waals surface area (Å²) >= 11 is 0. The summed E-state index contributed by atoms with van der Waals surface area (Å²) in [6.45, 7) is 7.24. The molecule has 45 heavy (non-hydrogen) atoms. The zero-order chi connectivity index (χ0) is 30.0. The minimum absolute atomic E-state index is 0.0982. The number of nitrogens with zero attached hydrogens (tertiary/aromatic N) is 2. The quantitative estimate of drug-likeness (QED) is 0.187. The maximum Gasteiger partial charge on any atom is 0.252 e. The summed E-state index contributed by atoms with van der Waals surface area (Å²) in [5.74, 6) is 0.563. The Morgan fingerprint density at radius 1 is 0.711 bits per heavy atom. The molecule has 2 nitrogen and oxygen atoms in total. The average molecular weight is 577 g/mol. The Morgan fingerprint density at radius 3 is 2.27 bits per heavy atom. The van der Waals surface area contributed by atoms with E-state index in [2.05, 4.69) is 158 Å². The van der Waals surface area contributed by atoms with Gasteiger partial charge in [-0.3, -0.25) is 0 Å². The zero-order valence-electron chi connectivity index (χ0n) is 25.9. The van der Waals surface area contributed by atoms with Crippen molar-refractivity contribution < 1.29 is 0 Å². The first-order valence-electron chi connectivity index (χ1n) is 16.3. The molecule has 1 aromatic heterocycles. The van der Waals surface area contributed by atoms with Crippen LogP contribution in [0.15, 0.2) is 127 Å². The number of para-hydroxylation sites is 3. The normalized spacial score (nSPS) is 17.9. The second-order valence-electron chi connectivity index (χ2n) is 13.8. The number of rotatable bonds is 2. The number of hydrogen-bond acceptors (Lipinski definition) is 1. The van der Waals surface area contributed by atoms with Gasteiger partial charge in [0.1, 0.15) is 0 Å². The molecule has 1 unspecified atom stereocenters. The highest BCUT2D eigenvalue weighted by Gasteiger charge is 2.47. The number of fused-ring (bicyclic) bond motifs is 6. The fourth-order valence-corrected chi connectivity index (χ4v) is 8.88. The predicted octanol–water partition coefficient (Wildman–Crippen LogP) is 8.53. The van der Waals surface area contributed by atoms with Crippen LogP contribution in [0.25, 0.3) is 33.4 Å². The van der Waals surface area contributed by atoms with Crippen LogP contribution in [0.4, 0.5) is 17.1 Å². The van der Waals surface area contributed by atoms with E-state index >= 15 is 0 Å². The molecule has 0 saturated carbocycles. The van der Waals surface area contributed by atoms with E-state index in [-0.39, 0.29) is 12.1 Å². The lowest BCUT2D eigenvalue weighted by Crippen LogP contribution is -2.61. The fourth-order valence-electron chi connectivity index (χ4n) is 8.88. The Bertz CT molecular complexity index is 2300. The molecular formula is C42H33BN2. The van der Waals surface area contributed by atoms with E-state index in [0.717, 1.165) is 6.42 Å². The van der Waals surface area contributed by atoms with Crippen molar-refractivity contribution in [1.29, 1.82) is 0 Å². The van der Waals surface area contributed by atoms with Crippen LogP contribution >= 0.6 is 0 Å². The number of benzene rings is 5. The molecule has 5 aromatic carbocycles. The summed E-state index contributed by atoms with van der Waals surface area (Å²) < 4.78 is 2.60. The minimum atomic E-state index is -0.0982. The first kappa shape index (κ1) is 25.3. The van der Waals surface area contributed by atoms with Crippen molar-refractivity contribution in [2.45, 2.75) is 32.6 Å². The Morgan fingerprint density at radius 2 is 1.42 bits per heavy atom. The van der Waals surface area contributed by atoms with E-state index in [0.29, 0.717) is 5.92 Å². The van der Waals surface area contributed by atoms with Crippen LogP contribution in [0.1, 0.15) is 43.9 Å². The van der Waals surface area contributed by atoms with Crippen molar-refractivity contribution in [2.75, 3.05) is 4.90 Å². The summed E-state index contributed by atoms with van der Waals surface area (Å²) in [6, 6.07) is 41.1. The first-order chi connectivity index (χ1) is 22.0. The second-order valence-corrected chi connectivity index (χ2v) is 13.8. The molecule has 0 saturated heterocycles. The first-order valence-corrected chi connectivity index (χ1v) is 16.3. The molecule has 10 rings (SSSR count). The Labute approximate surface area is 265 Å². The van der Waals surface area contributed by atoms with E-state index < -0.39 is 0 Å². The van der Waals surface area contributed by atoms with Gasteiger partial charge in [-0.2, -0.15) is 0 Å². The van der Waals surface area contributed by atoms with Crippen LogP contribution in [-0.2, 0) is 5.41 Å². The molecule has 0 spiro atoms. The van der Waals surface area contributed by atoms with E-state index in [1.165, 1.54) is 83.6 Å². The molecule has 4 heterocycles. The third kappa shape index (κ3) is 3.16. The Balaban J connectivity index is 1.37. The van der Waals surface area contributed by atoms with Crippen LogP contribution in [0.5, 0.6) is 0 Å². The molecule has 0 fully saturated rings. The average Bonchev–Trinajstić information content (AvgIpc) is 3.43. The molecular weight excluding hydrogens is 543 g/mol. The van der Waals surface area contributed by atoms with Crippen LogP contribution in [-0.4, -0.2) is 11.3 Å². The van der Waals surface area contributed by atoms with Crippen molar-refractivity contribution in [2.24, 2.45) is 5.92 Å². The third-order valence-corrected chi connectivity index (χ3v) is 10.9. The molecule has 0 bridgehead atoms. The molecule has 3 aliphatic heterocycles. The van der Waals surface area contributed by atoms with Gasteiger partial charge >= 0.3 is 0 Å². The van der Waals surface area contributed by atoms with Gasteiger partial charge < -0.3 is 9.47 Å². The van der Waals surface area contributed by atoms with Crippen LogP contribution in [0.3, 0.4) is 0 Å². The van der Waals surface area contributed by atoms with E-state index in [4.69, 9.17) is 0 Å². The summed E-state index contributed by atoms with van der Waals surface area (Å²) in [5.41, 5.74) is 18.7. The largest absolute Gasteiger partial charge is 0.311 e. The molecule has 6 aromatic rings. The van der Waals surface area contributed by atoms with Gasteiger partial charge in [0.05, 0.1) is 11.4 Å². The predicted molar refractivity (Wildman–Crippen MR) is 191 cm³/mol. The summed E-state index contributed by atoms with van der Waals surface area (Å²) in [5, 5.41) is 1.34. The monoisotopic (exact) mass is 576 g/mol. The van der Waals surface area contributed by atoms with Crippen LogP contribution in [0.2, 0.25) is 0 Å². The topological polar surface area (TPSA) is 8.17 Å². The number of hydrogen-bond donors (Lipinski definition) is 0. The second kappa shape index (κ2) is 8.79. The molecule has 214 valence electrons. The maximum atomic E-state index is 2.60. The van der Waals surface area contributed by atoms with Crippen molar-refractivity contribution in [3.8, 4) is 16.9 Å². The van der Waals surface area contributed by atoms with Crippen molar-refractivity contribution in [3.05, 3.63) is 144 Å². The minimum Gasteiger partial charge on any atom is -0.311 e. The number of allylic oxidation sites excluding steroid dienone is 4. The summed E-state index contributed by atoms with van der Waals surface area (Å²) in [7, 11) is 0. The van der Waals surface area contributed by atoms with Gasteiger partial charge in [-0.05, 0) is 69.2 Å². The van der Waals surface area contributed by atoms with Crippen LogP contribution < -0.4 is 21.3 Å². The third-order valence-electron chi connectivity index (χ3n) is 10.9. The molecule has 0 N–H and O–H groups in total. The van der Waals surface area contributed by atoms with E-state index in [9.17, 15) is 0 Å². The van der Waals surface area contributed by atoms with Gasteiger partial charge in [0, 0.05) is 38.9 Å². The number of aromatic nitrogens is 1. The lowest BCUT2D eigenvalue weighted by molar-refractivity contribution is 0.632. The lowest BCUT2D eigenvalue weighted by Gasteiger charge is -2.48. The highest BCUT2D eigenvalue weighted by atomic mass is 15.2. The van der Waals surface area contributed by atoms with Gasteiger partial charge in [0.2, 0.25) is 0 Å². The molecule has 1 aliphatic carbocycles. The SMILES string of the molecule is CC1C=CC(c2c(-c3ccccc3)n3c4c(cccc24)B2c4cccc5c4N(c4ccccc4C5(C)C)c4cccc-3c42)=CC1. The van der Waals surface area contributed by atoms with Gasteiger partial charge in [-0.15, -0.1) is 0 Å². The molecule has 4 aliphatic rings. The summed E-state index contributed by atoms with van der Waals surface area (Å²) in [4.78, 5) is 2.58. The maximum absolute atomic E-state index is 2.60. The standard InChI is InChI=1S/C42H33BN2/c1-26-22-24-27(25-23-26)37-29-14-9-17-32-40(29)45(39(37)28-12-5-4-6-13-28)36-21-11-20-35-38(36)43(32)33-18-10-16-31-41(33)44(35)34-19-8-7-15-30(34)42(31,2)3/h4-22,24-26H,23H2,1-3H3. The van der Waals surface area contributed by atoms with Crippen molar-refractivity contribution >= 4 is 56.6 Å². The molecule has 0 radical (unpaired) electrons. The van der Waals surface area contributed by atoms with E-state index in [1.807, 2.05) is 0 Å². The van der Waals surface area contributed by atoms with Crippen molar-refractivity contribution in [3.63, 3.8) is 0 Å². The molecule has 0 amide bonds. The highest BCUT2D eigenvalue weighted by Crippen LogP contribution is 2.53. The highest BCUT2D eigenvalue weighted by molar-refractivity contribution is 7.00. The molecule has 3 heteroatoms.